The van der Waals surface area contributed by atoms with Crippen molar-refractivity contribution in [3.8, 4) is 11.4 Å². The molecule has 2 heterocycles. The van der Waals surface area contributed by atoms with Crippen molar-refractivity contribution in [1.82, 2.24) is 25.1 Å². The number of pyridine rings is 1. The first-order valence-corrected chi connectivity index (χ1v) is 12.2. The molecule has 1 N–H and O–H groups in total. The first kappa shape index (κ1) is 25.6. The molecular weight excluding hydrogens is 481 g/mol. The molecule has 188 valence electrons. The number of hydrogen-bond donors (Lipinski definition) is 1. The third-order valence-electron chi connectivity index (χ3n) is 6.00. The monoisotopic (exact) mass is 509 g/mol. The Labute approximate surface area is 214 Å². The topological polar surface area (TPSA) is 81.9 Å². The van der Waals surface area contributed by atoms with Crippen LogP contribution in [0.5, 0.6) is 5.75 Å². The maximum atomic E-state index is 13.5. The Morgan fingerprint density at radius 1 is 1.22 bits per heavy atom. The number of carbonyl (C=O) groups excluding carboxylic acids is 1. The fraction of sp³-hybridized carbons (Fsp3) is 0.333. The van der Waals surface area contributed by atoms with E-state index in [4.69, 9.17) is 21.3 Å². The van der Waals surface area contributed by atoms with Gasteiger partial charge in [0.15, 0.2) is 6.17 Å². The Kier molecular flexibility index (Phi) is 7.54. The van der Waals surface area contributed by atoms with E-state index in [2.05, 4.69) is 15.4 Å². The molecule has 36 heavy (non-hydrogen) atoms. The van der Waals surface area contributed by atoms with Crippen molar-refractivity contribution in [1.29, 1.82) is 0 Å². The minimum atomic E-state index is -1.61. The lowest BCUT2D eigenvalue weighted by Gasteiger charge is -2.21. The molecule has 2 aromatic carbocycles. The van der Waals surface area contributed by atoms with Crippen LogP contribution < -0.4 is 10.1 Å². The molecule has 1 amide bonds. The van der Waals surface area contributed by atoms with Crippen LogP contribution in [0.2, 0.25) is 5.02 Å². The Bertz CT molecular complexity index is 1420. The minimum Gasteiger partial charge on any atom is -0.487 e. The van der Waals surface area contributed by atoms with Gasteiger partial charge in [-0.25, -0.2) is 19.0 Å². The number of carbonyl (C=O) groups is 1. The molecule has 0 spiro atoms. The lowest BCUT2D eigenvalue weighted by atomic mass is 9.99. The van der Waals surface area contributed by atoms with E-state index in [1.807, 2.05) is 61.9 Å². The highest BCUT2D eigenvalue weighted by molar-refractivity contribution is 6.31. The number of benzene rings is 2. The summed E-state index contributed by atoms with van der Waals surface area (Å²) < 4.78 is 21.6. The minimum absolute atomic E-state index is 0.146. The fourth-order valence-corrected chi connectivity index (χ4v) is 4.56. The number of nitrogens with one attached hydrogen (secondary N) is 1. The van der Waals surface area contributed by atoms with E-state index in [9.17, 15) is 9.18 Å². The molecule has 2 atom stereocenters. The highest BCUT2D eigenvalue weighted by Crippen LogP contribution is 2.32. The third kappa shape index (κ3) is 5.18. The molecule has 9 heteroatoms. The number of hydrogen-bond acceptors (Lipinski definition) is 5. The molecule has 0 saturated heterocycles. The van der Waals surface area contributed by atoms with Gasteiger partial charge in [-0.2, -0.15) is 5.10 Å². The van der Waals surface area contributed by atoms with Crippen LogP contribution >= 0.6 is 11.6 Å². The zero-order valence-electron chi connectivity index (χ0n) is 21.0. The summed E-state index contributed by atoms with van der Waals surface area (Å²) in [6.07, 6.45) is 0.680. The Morgan fingerprint density at radius 2 is 2.00 bits per heavy atom. The molecule has 0 saturated carbocycles. The summed E-state index contributed by atoms with van der Waals surface area (Å²) >= 11 is 6.61. The average Bonchev–Trinajstić information content (AvgIpc) is 3.31. The zero-order chi connectivity index (χ0) is 26.0. The molecule has 1 unspecified atom stereocenters. The molecule has 4 rings (SSSR count). The predicted octanol–water partition coefficient (Wildman–Crippen LogP) is 5.76. The molecule has 7 nitrogen and oxygen atoms in total. The molecule has 0 aliphatic heterocycles. The Hall–Kier alpha value is -3.52. The molecule has 0 bridgehead atoms. The van der Waals surface area contributed by atoms with Crippen molar-refractivity contribution < 1.29 is 13.9 Å². The van der Waals surface area contributed by atoms with E-state index in [-0.39, 0.29) is 6.61 Å². The Morgan fingerprint density at radius 3 is 2.72 bits per heavy atom. The van der Waals surface area contributed by atoms with Crippen LogP contribution in [-0.4, -0.2) is 31.8 Å². The van der Waals surface area contributed by atoms with Crippen LogP contribution in [0.3, 0.4) is 0 Å². The summed E-state index contributed by atoms with van der Waals surface area (Å²) in [5.74, 6) is 0.767. The zero-order valence-corrected chi connectivity index (χ0v) is 21.7. The summed E-state index contributed by atoms with van der Waals surface area (Å²) in [5, 5.41) is 8.51. The van der Waals surface area contributed by atoms with Crippen molar-refractivity contribution in [2.45, 2.75) is 59.9 Å². The summed E-state index contributed by atoms with van der Waals surface area (Å²) in [6, 6.07) is 11.0. The van der Waals surface area contributed by atoms with E-state index in [0.29, 0.717) is 16.3 Å². The number of aromatic nitrogens is 4. The molecule has 2 aromatic heterocycles. The summed E-state index contributed by atoms with van der Waals surface area (Å²) in [7, 11) is 0. The number of rotatable bonds is 8. The highest BCUT2D eigenvalue weighted by Gasteiger charge is 2.20. The predicted molar refractivity (Wildman–Crippen MR) is 138 cm³/mol. The van der Waals surface area contributed by atoms with Crippen LogP contribution in [0.4, 0.5) is 4.39 Å². The second-order valence-electron chi connectivity index (χ2n) is 8.83. The number of alkyl halides is 1. The second-order valence-corrected chi connectivity index (χ2v) is 9.23. The van der Waals surface area contributed by atoms with Gasteiger partial charge in [0.05, 0.1) is 11.7 Å². The molecule has 0 aliphatic rings. The van der Waals surface area contributed by atoms with Gasteiger partial charge in [-0.1, -0.05) is 36.7 Å². The van der Waals surface area contributed by atoms with Gasteiger partial charge in [-0.05, 0) is 57.0 Å². The SMILES string of the molecule is CCc1ncnn1-c1cc(C)nc2c(OCc3c(Cl)cc(C)cc3[C@H](C)NC(=O)C(C)F)cccc12. The smallest absolute Gasteiger partial charge is 0.254 e. The molecule has 0 radical (unpaired) electrons. The van der Waals surface area contributed by atoms with E-state index in [1.54, 1.807) is 13.3 Å². The number of aryl methyl sites for hydroxylation is 3. The number of amides is 1. The summed E-state index contributed by atoms with van der Waals surface area (Å²) in [4.78, 5) is 21.1. The van der Waals surface area contributed by atoms with Crippen molar-refractivity contribution in [2.24, 2.45) is 0 Å². The van der Waals surface area contributed by atoms with Gasteiger partial charge >= 0.3 is 0 Å². The van der Waals surface area contributed by atoms with E-state index < -0.39 is 18.1 Å². The largest absolute Gasteiger partial charge is 0.487 e. The van der Waals surface area contributed by atoms with E-state index in [0.717, 1.165) is 45.7 Å². The van der Waals surface area contributed by atoms with Crippen LogP contribution in [0.25, 0.3) is 16.6 Å². The van der Waals surface area contributed by atoms with Crippen LogP contribution in [0.15, 0.2) is 42.7 Å². The standard InChI is InChI=1S/C27H29ClFN5O2/c1-6-25-30-14-31-34(25)23-12-16(3)32-26-19(23)8-7-9-24(26)36-13-21-20(10-15(2)11-22(21)28)18(5)33-27(35)17(4)29/h7-12,14,17-18H,6,13H2,1-5H3,(H,33,35)/t17?,18-/m0/s1. The number of nitrogens with zero attached hydrogens (tertiary/aromatic N) is 4. The molecular formula is C27H29ClFN5O2. The van der Waals surface area contributed by atoms with Gasteiger partial charge in [0.2, 0.25) is 0 Å². The third-order valence-corrected chi connectivity index (χ3v) is 6.34. The quantitative estimate of drug-likeness (QED) is 0.326. The maximum absolute atomic E-state index is 13.5. The van der Waals surface area contributed by atoms with Gasteiger partial charge < -0.3 is 10.1 Å². The summed E-state index contributed by atoms with van der Waals surface area (Å²) in [6.45, 7) is 9.03. The fourth-order valence-electron chi connectivity index (χ4n) is 4.22. The number of halogens is 2. The van der Waals surface area contributed by atoms with Crippen molar-refractivity contribution in [2.75, 3.05) is 0 Å². The van der Waals surface area contributed by atoms with Crippen molar-refractivity contribution in [3.05, 3.63) is 76.0 Å². The molecule has 4 aromatic rings. The number of fused-ring (bicyclic) bond motifs is 1. The highest BCUT2D eigenvalue weighted by atomic mass is 35.5. The number of para-hydroxylation sites is 1. The normalized spacial score (nSPS) is 13.0. The van der Waals surface area contributed by atoms with Crippen molar-refractivity contribution >= 4 is 28.4 Å². The first-order chi connectivity index (χ1) is 17.2. The first-order valence-electron chi connectivity index (χ1n) is 11.8. The van der Waals surface area contributed by atoms with E-state index >= 15 is 0 Å². The van der Waals surface area contributed by atoms with Crippen LogP contribution in [0.1, 0.15) is 55.0 Å². The van der Waals surface area contributed by atoms with Crippen molar-refractivity contribution in [3.63, 3.8) is 0 Å². The Balaban J connectivity index is 1.71. The van der Waals surface area contributed by atoms with Gasteiger partial charge in [0.25, 0.3) is 5.91 Å². The van der Waals surface area contributed by atoms with Crippen LogP contribution in [-0.2, 0) is 17.8 Å². The maximum Gasteiger partial charge on any atom is 0.254 e. The second kappa shape index (κ2) is 10.6. The lowest BCUT2D eigenvalue weighted by Crippen LogP contribution is -2.33. The average molecular weight is 510 g/mol. The number of ether oxygens (including phenoxy) is 1. The van der Waals surface area contributed by atoms with Gasteiger partial charge in [-0.15, -0.1) is 0 Å². The van der Waals surface area contributed by atoms with E-state index in [1.165, 1.54) is 6.92 Å². The van der Waals surface area contributed by atoms with Gasteiger partial charge in [-0.3, -0.25) is 4.79 Å². The van der Waals surface area contributed by atoms with Crippen LogP contribution in [0, 0.1) is 13.8 Å². The lowest BCUT2D eigenvalue weighted by molar-refractivity contribution is -0.126. The van der Waals surface area contributed by atoms with Gasteiger partial charge in [0.1, 0.15) is 30.0 Å². The summed E-state index contributed by atoms with van der Waals surface area (Å²) in [5.41, 5.74) is 4.81. The van der Waals surface area contributed by atoms with Gasteiger partial charge in [0, 0.05) is 28.1 Å². The molecule has 0 aliphatic carbocycles. The molecule has 0 fully saturated rings.